The van der Waals surface area contributed by atoms with Gasteiger partial charge in [0.25, 0.3) is 5.91 Å². The lowest BCUT2D eigenvalue weighted by Gasteiger charge is -2.37. The Morgan fingerprint density at radius 3 is 2.67 bits per heavy atom. The summed E-state index contributed by atoms with van der Waals surface area (Å²) in [6, 6.07) is 6.01. The highest BCUT2D eigenvalue weighted by Gasteiger charge is 2.30. The van der Waals surface area contributed by atoms with E-state index in [0.29, 0.717) is 26.2 Å². The van der Waals surface area contributed by atoms with Gasteiger partial charge < -0.3 is 24.6 Å². The topological polar surface area (TPSA) is 66.4 Å². The van der Waals surface area contributed by atoms with Crippen LogP contribution in [0.1, 0.15) is 18.4 Å². The summed E-state index contributed by atoms with van der Waals surface area (Å²) in [5, 5.41) is 3.41. The van der Waals surface area contributed by atoms with Crippen molar-refractivity contribution in [2.24, 2.45) is 4.99 Å². The Kier molecular flexibility index (Phi) is 6.95. The molecule has 148 valence electrons. The van der Waals surface area contributed by atoms with E-state index in [2.05, 4.69) is 31.1 Å². The number of aliphatic imine (C=N–C) groups is 1. The van der Waals surface area contributed by atoms with E-state index >= 15 is 0 Å². The van der Waals surface area contributed by atoms with E-state index in [1.165, 1.54) is 0 Å². The molecule has 2 fully saturated rings. The van der Waals surface area contributed by atoms with Crippen molar-refractivity contribution in [2.45, 2.75) is 25.5 Å². The summed E-state index contributed by atoms with van der Waals surface area (Å²) in [6.45, 7) is 4.31. The van der Waals surface area contributed by atoms with Gasteiger partial charge in [0.15, 0.2) is 5.96 Å². The summed E-state index contributed by atoms with van der Waals surface area (Å²) in [5.41, 5.74) is 1.14. The predicted octanol–water partition coefficient (Wildman–Crippen LogP) is 1.86. The maximum Gasteiger partial charge on any atom is 0.251 e. The third kappa shape index (κ3) is 4.93. The van der Waals surface area contributed by atoms with Gasteiger partial charge in [0.2, 0.25) is 0 Å². The quantitative estimate of drug-likeness (QED) is 0.573. The molecule has 1 N–H and O–H groups in total. The molecule has 1 aromatic carbocycles. The van der Waals surface area contributed by atoms with Crippen LogP contribution in [-0.4, -0.2) is 74.7 Å². The molecule has 1 aromatic rings. The zero-order valence-corrected chi connectivity index (χ0v) is 17.5. The van der Waals surface area contributed by atoms with Gasteiger partial charge >= 0.3 is 0 Å². The smallest absolute Gasteiger partial charge is 0.251 e. The average Bonchev–Trinajstić information content (AvgIpc) is 3.23. The molecule has 0 spiro atoms. The maximum atomic E-state index is 12.5. The summed E-state index contributed by atoms with van der Waals surface area (Å²) in [5.74, 6) is 1.81. The molecule has 27 heavy (non-hydrogen) atoms. The summed E-state index contributed by atoms with van der Waals surface area (Å²) in [7, 11) is 3.44. The van der Waals surface area contributed by atoms with Gasteiger partial charge in [0, 0.05) is 46.4 Å². The van der Waals surface area contributed by atoms with Crippen molar-refractivity contribution in [3.05, 3.63) is 28.2 Å². The molecule has 2 saturated heterocycles. The van der Waals surface area contributed by atoms with Gasteiger partial charge in [-0.05, 0) is 46.5 Å². The van der Waals surface area contributed by atoms with Crippen molar-refractivity contribution in [3.8, 4) is 5.75 Å². The van der Waals surface area contributed by atoms with Crippen LogP contribution in [0.15, 0.2) is 27.7 Å². The number of guanidine groups is 1. The lowest BCUT2D eigenvalue weighted by Crippen LogP contribution is -2.55. The Hall–Kier alpha value is -1.80. The molecule has 1 amide bonds. The fourth-order valence-corrected chi connectivity index (χ4v) is 4.04. The molecule has 0 radical (unpaired) electrons. The van der Waals surface area contributed by atoms with Crippen LogP contribution >= 0.6 is 15.9 Å². The number of carbonyl (C=O) groups is 1. The molecule has 2 aliphatic rings. The first kappa shape index (κ1) is 19.9. The molecule has 0 saturated carbocycles. The van der Waals surface area contributed by atoms with E-state index in [-0.39, 0.29) is 12.0 Å². The second-order valence-electron chi connectivity index (χ2n) is 6.68. The molecular formula is C19H27BrN4O3. The number of methoxy groups -OCH3 is 1. The van der Waals surface area contributed by atoms with Crippen LogP contribution in [0.25, 0.3) is 0 Å². The van der Waals surface area contributed by atoms with E-state index in [9.17, 15) is 4.79 Å². The van der Waals surface area contributed by atoms with Crippen LogP contribution in [0.2, 0.25) is 0 Å². The van der Waals surface area contributed by atoms with Gasteiger partial charge in [-0.1, -0.05) is 6.07 Å². The van der Waals surface area contributed by atoms with Gasteiger partial charge in [0.05, 0.1) is 11.6 Å². The number of hydrogen-bond acceptors (Lipinski definition) is 4. The molecule has 7 nitrogen and oxygen atoms in total. The highest BCUT2D eigenvalue weighted by molar-refractivity contribution is 9.10. The third-order valence-corrected chi connectivity index (χ3v) is 5.59. The minimum atomic E-state index is -0.234. The van der Waals surface area contributed by atoms with Crippen molar-refractivity contribution in [3.63, 3.8) is 0 Å². The summed E-state index contributed by atoms with van der Waals surface area (Å²) in [6.07, 6.45) is 1.59. The Morgan fingerprint density at radius 1 is 1.33 bits per heavy atom. The SMILES string of the molecule is CN=C(NCc1ccc(OC)c(Br)c1)N1CCN(C(=O)C2CCCO2)CC1. The Morgan fingerprint density at radius 2 is 2.07 bits per heavy atom. The number of halogens is 1. The monoisotopic (exact) mass is 438 g/mol. The zero-order chi connectivity index (χ0) is 19.2. The minimum Gasteiger partial charge on any atom is -0.496 e. The molecular weight excluding hydrogens is 412 g/mol. The molecule has 8 heteroatoms. The highest BCUT2D eigenvalue weighted by atomic mass is 79.9. The van der Waals surface area contributed by atoms with Gasteiger partial charge in [-0.3, -0.25) is 9.79 Å². The van der Waals surface area contributed by atoms with Gasteiger partial charge in [-0.25, -0.2) is 0 Å². The van der Waals surface area contributed by atoms with E-state index in [4.69, 9.17) is 9.47 Å². The summed E-state index contributed by atoms with van der Waals surface area (Å²) < 4.78 is 11.7. The summed E-state index contributed by atoms with van der Waals surface area (Å²) >= 11 is 3.51. The number of hydrogen-bond donors (Lipinski definition) is 1. The fraction of sp³-hybridized carbons (Fsp3) is 0.579. The van der Waals surface area contributed by atoms with Crippen LogP contribution < -0.4 is 10.1 Å². The number of nitrogens with one attached hydrogen (secondary N) is 1. The Balaban J connectivity index is 1.50. The number of amides is 1. The molecule has 2 aliphatic heterocycles. The maximum absolute atomic E-state index is 12.5. The fourth-order valence-electron chi connectivity index (χ4n) is 3.45. The Bertz CT molecular complexity index is 684. The molecule has 3 rings (SSSR count). The van der Waals surface area contributed by atoms with Gasteiger partial charge in [0.1, 0.15) is 11.9 Å². The first-order chi connectivity index (χ1) is 13.1. The van der Waals surface area contributed by atoms with Crippen molar-refractivity contribution in [2.75, 3.05) is 46.9 Å². The number of piperazine rings is 1. The van der Waals surface area contributed by atoms with Gasteiger partial charge in [-0.2, -0.15) is 0 Å². The van der Waals surface area contributed by atoms with Crippen LogP contribution in [0, 0.1) is 0 Å². The lowest BCUT2D eigenvalue weighted by atomic mass is 10.2. The number of ether oxygens (including phenoxy) is 2. The first-order valence-corrected chi connectivity index (χ1v) is 10.1. The van der Waals surface area contributed by atoms with Crippen molar-refractivity contribution >= 4 is 27.8 Å². The number of nitrogens with zero attached hydrogens (tertiary/aromatic N) is 3. The van der Waals surface area contributed by atoms with E-state index in [0.717, 1.165) is 47.7 Å². The average molecular weight is 439 g/mol. The van der Waals surface area contributed by atoms with Crippen LogP contribution in [0.3, 0.4) is 0 Å². The third-order valence-electron chi connectivity index (χ3n) is 4.97. The van der Waals surface area contributed by atoms with Crippen LogP contribution in [0.5, 0.6) is 5.75 Å². The molecule has 1 atom stereocenters. The molecule has 0 bridgehead atoms. The molecule has 0 aliphatic carbocycles. The number of rotatable bonds is 4. The van der Waals surface area contributed by atoms with Crippen molar-refractivity contribution in [1.82, 2.24) is 15.1 Å². The molecule has 2 heterocycles. The summed E-state index contributed by atoms with van der Waals surface area (Å²) in [4.78, 5) is 21.0. The highest BCUT2D eigenvalue weighted by Crippen LogP contribution is 2.25. The standard InChI is InChI=1S/C19H27BrN4O3/c1-21-19(22-13-14-5-6-16(26-2)15(20)12-14)24-9-7-23(8-10-24)18(25)17-4-3-11-27-17/h5-6,12,17H,3-4,7-11,13H2,1-2H3,(H,21,22). The second-order valence-corrected chi connectivity index (χ2v) is 7.54. The van der Waals surface area contributed by atoms with Crippen molar-refractivity contribution < 1.29 is 14.3 Å². The molecule has 1 unspecified atom stereocenters. The number of carbonyl (C=O) groups excluding carboxylic acids is 1. The normalized spacial score (nSPS) is 20.7. The first-order valence-electron chi connectivity index (χ1n) is 9.30. The van der Waals surface area contributed by atoms with Gasteiger partial charge in [-0.15, -0.1) is 0 Å². The second kappa shape index (κ2) is 9.41. The van der Waals surface area contributed by atoms with E-state index < -0.39 is 0 Å². The molecule has 0 aromatic heterocycles. The van der Waals surface area contributed by atoms with Crippen LogP contribution in [0.4, 0.5) is 0 Å². The van der Waals surface area contributed by atoms with Crippen molar-refractivity contribution in [1.29, 1.82) is 0 Å². The largest absolute Gasteiger partial charge is 0.496 e. The van der Waals surface area contributed by atoms with E-state index in [1.807, 2.05) is 23.1 Å². The van der Waals surface area contributed by atoms with E-state index in [1.54, 1.807) is 14.2 Å². The lowest BCUT2D eigenvalue weighted by molar-refractivity contribution is -0.142. The number of benzene rings is 1. The minimum absolute atomic E-state index is 0.137. The zero-order valence-electron chi connectivity index (χ0n) is 15.9. The Labute approximate surface area is 168 Å². The predicted molar refractivity (Wildman–Crippen MR) is 108 cm³/mol. The van der Waals surface area contributed by atoms with Crippen LogP contribution in [-0.2, 0) is 16.1 Å².